The molecule has 102 valence electrons. The van der Waals surface area contributed by atoms with Gasteiger partial charge in [-0.15, -0.1) is 0 Å². The normalized spacial score (nSPS) is 21.2. The van der Waals surface area contributed by atoms with Crippen molar-refractivity contribution in [3.63, 3.8) is 0 Å². The van der Waals surface area contributed by atoms with Crippen molar-refractivity contribution in [3.05, 3.63) is 11.7 Å². The second-order valence-corrected chi connectivity index (χ2v) is 4.91. The fraction of sp³-hybridized carbons (Fsp3) is 0.846. The monoisotopic (exact) mass is 253 g/mol. The zero-order valence-electron chi connectivity index (χ0n) is 11.5. The van der Waals surface area contributed by atoms with Crippen molar-refractivity contribution in [1.29, 1.82) is 0 Å². The number of methoxy groups -OCH3 is 1. The number of nitrogens with one attached hydrogen (secondary N) is 1. The van der Waals surface area contributed by atoms with Gasteiger partial charge in [-0.25, -0.2) is 0 Å². The van der Waals surface area contributed by atoms with Crippen molar-refractivity contribution in [2.45, 2.75) is 51.0 Å². The Bertz CT molecular complexity index is 360. The Kier molecular flexibility index (Phi) is 4.35. The molecule has 0 bridgehead atoms. The van der Waals surface area contributed by atoms with E-state index in [-0.39, 0.29) is 0 Å². The molecule has 2 rings (SSSR count). The SMILES string of the molecule is CCC(CC)(OC)c1noc([C@H]2CCCNC2)n1. The summed E-state index contributed by atoms with van der Waals surface area (Å²) >= 11 is 0. The molecule has 0 aliphatic carbocycles. The highest BCUT2D eigenvalue weighted by atomic mass is 16.5. The summed E-state index contributed by atoms with van der Waals surface area (Å²) in [7, 11) is 1.71. The molecule has 5 heteroatoms. The largest absolute Gasteiger partial charge is 0.370 e. The number of aromatic nitrogens is 2. The molecule has 1 saturated heterocycles. The number of nitrogens with zero attached hydrogens (tertiary/aromatic N) is 2. The number of hydrogen-bond donors (Lipinski definition) is 1. The van der Waals surface area contributed by atoms with Gasteiger partial charge in [0.25, 0.3) is 0 Å². The van der Waals surface area contributed by atoms with Crippen LogP contribution in [-0.2, 0) is 10.3 Å². The summed E-state index contributed by atoms with van der Waals surface area (Å²) in [6, 6.07) is 0. The van der Waals surface area contributed by atoms with E-state index in [0.717, 1.165) is 38.2 Å². The molecule has 2 heterocycles. The molecule has 0 saturated carbocycles. The molecule has 18 heavy (non-hydrogen) atoms. The maximum Gasteiger partial charge on any atom is 0.231 e. The molecule has 1 aliphatic rings. The van der Waals surface area contributed by atoms with Crippen LogP contribution in [0.4, 0.5) is 0 Å². The van der Waals surface area contributed by atoms with Gasteiger partial charge in [0.1, 0.15) is 5.60 Å². The van der Waals surface area contributed by atoms with Gasteiger partial charge >= 0.3 is 0 Å². The van der Waals surface area contributed by atoms with Gasteiger partial charge in [-0.1, -0.05) is 19.0 Å². The second kappa shape index (κ2) is 5.80. The fourth-order valence-corrected chi connectivity index (χ4v) is 2.59. The lowest BCUT2D eigenvalue weighted by molar-refractivity contribution is -0.0306. The van der Waals surface area contributed by atoms with Crippen LogP contribution in [0.15, 0.2) is 4.52 Å². The van der Waals surface area contributed by atoms with Crippen LogP contribution in [-0.4, -0.2) is 30.3 Å². The van der Waals surface area contributed by atoms with Crippen LogP contribution in [0.25, 0.3) is 0 Å². The summed E-state index contributed by atoms with van der Waals surface area (Å²) in [5.41, 5.74) is -0.399. The first-order valence-corrected chi connectivity index (χ1v) is 6.85. The Morgan fingerprint density at radius 2 is 2.22 bits per heavy atom. The lowest BCUT2D eigenvalue weighted by Crippen LogP contribution is -2.30. The third-order valence-electron chi connectivity index (χ3n) is 4.03. The summed E-state index contributed by atoms with van der Waals surface area (Å²) in [5.74, 6) is 1.79. The molecule has 1 aliphatic heterocycles. The average molecular weight is 253 g/mol. The lowest BCUT2D eigenvalue weighted by atomic mass is 9.96. The second-order valence-electron chi connectivity index (χ2n) is 4.91. The topological polar surface area (TPSA) is 60.2 Å². The minimum atomic E-state index is -0.399. The van der Waals surface area contributed by atoms with Crippen LogP contribution in [0, 0.1) is 0 Å². The van der Waals surface area contributed by atoms with Gasteiger partial charge in [0, 0.05) is 13.7 Å². The van der Waals surface area contributed by atoms with E-state index in [1.54, 1.807) is 7.11 Å². The summed E-state index contributed by atoms with van der Waals surface area (Å²) in [6.45, 7) is 6.19. The Morgan fingerprint density at radius 3 is 2.78 bits per heavy atom. The fourth-order valence-electron chi connectivity index (χ4n) is 2.59. The summed E-state index contributed by atoms with van der Waals surface area (Å²) < 4.78 is 11.1. The zero-order chi connectivity index (χ0) is 13.0. The van der Waals surface area contributed by atoms with E-state index < -0.39 is 5.60 Å². The van der Waals surface area contributed by atoms with Crippen LogP contribution in [0.2, 0.25) is 0 Å². The average Bonchev–Trinajstić information content (AvgIpc) is 2.93. The minimum Gasteiger partial charge on any atom is -0.370 e. The van der Waals surface area contributed by atoms with E-state index in [2.05, 4.69) is 29.3 Å². The molecule has 1 atom stereocenters. The smallest absolute Gasteiger partial charge is 0.231 e. The Morgan fingerprint density at radius 1 is 1.44 bits per heavy atom. The van der Waals surface area contributed by atoms with Crippen molar-refractivity contribution in [3.8, 4) is 0 Å². The van der Waals surface area contributed by atoms with Gasteiger partial charge in [-0.05, 0) is 32.2 Å². The molecule has 0 radical (unpaired) electrons. The van der Waals surface area contributed by atoms with Crippen molar-refractivity contribution in [2.75, 3.05) is 20.2 Å². The quantitative estimate of drug-likeness (QED) is 0.871. The van der Waals surface area contributed by atoms with Crippen LogP contribution in [0.5, 0.6) is 0 Å². The van der Waals surface area contributed by atoms with Gasteiger partial charge < -0.3 is 14.6 Å². The summed E-state index contributed by atoms with van der Waals surface area (Å²) in [5, 5.41) is 7.50. The van der Waals surface area contributed by atoms with Gasteiger partial charge in [0.2, 0.25) is 11.7 Å². The van der Waals surface area contributed by atoms with Crippen molar-refractivity contribution in [2.24, 2.45) is 0 Å². The van der Waals surface area contributed by atoms with Gasteiger partial charge in [0.05, 0.1) is 5.92 Å². The summed E-state index contributed by atoms with van der Waals surface area (Å²) in [6.07, 6.45) is 3.98. The van der Waals surface area contributed by atoms with Crippen LogP contribution >= 0.6 is 0 Å². The van der Waals surface area contributed by atoms with E-state index in [1.807, 2.05) is 0 Å². The maximum absolute atomic E-state index is 5.62. The van der Waals surface area contributed by atoms with Crippen LogP contribution in [0.3, 0.4) is 0 Å². The van der Waals surface area contributed by atoms with Crippen molar-refractivity contribution in [1.82, 2.24) is 15.5 Å². The Labute approximate surface area is 108 Å². The molecule has 0 unspecified atom stereocenters. The van der Waals surface area contributed by atoms with Gasteiger partial charge in [-0.2, -0.15) is 4.98 Å². The summed E-state index contributed by atoms with van der Waals surface area (Å²) in [4.78, 5) is 4.58. The van der Waals surface area contributed by atoms with E-state index in [4.69, 9.17) is 9.26 Å². The van der Waals surface area contributed by atoms with E-state index in [9.17, 15) is 0 Å². The molecule has 0 aromatic carbocycles. The predicted molar refractivity (Wildman–Crippen MR) is 68.4 cm³/mol. The first kappa shape index (κ1) is 13.5. The molecule has 5 nitrogen and oxygen atoms in total. The van der Waals surface area contributed by atoms with Gasteiger partial charge in [-0.3, -0.25) is 0 Å². The number of hydrogen-bond acceptors (Lipinski definition) is 5. The molecule has 1 fully saturated rings. The van der Waals surface area contributed by atoms with E-state index >= 15 is 0 Å². The molecular weight excluding hydrogens is 230 g/mol. The minimum absolute atomic E-state index is 0.350. The maximum atomic E-state index is 5.62. The van der Waals surface area contributed by atoms with E-state index in [1.165, 1.54) is 6.42 Å². The zero-order valence-corrected chi connectivity index (χ0v) is 11.5. The first-order valence-electron chi connectivity index (χ1n) is 6.85. The van der Waals surface area contributed by atoms with Crippen LogP contribution in [0.1, 0.15) is 57.2 Å². The highest BCUT2D eigenvalue weighted by molar-refractivity contribution is 5.04. The lowest BCUT2D eigenvalue weighted by Gasteiger charge is -2.26. The Hall–Kier alpha value is -0.940. The third-order valence-corrected chi connectivity index (χ3v) is 4.03. The predicted octanol–water partition coefficient (Wildman–Crippen LogP) is 2.20. The van der Waals surface area contributed by atoms with Gasteiger partial charge in [0.15, 0.2) is 0 Å². The molecule has 1 aromatic heterocycles. The standard InChI is InChI=1S/C13H23N3O2/c1-4-13(5-2,17-3)12-15-11(18-16-12)10-7-6-8-14-9-10/h10,14H,4-9H2,1-3H3/t10-/m0/s1. The highest BCUT2D eigenvalue weighted by Crippen LogP contribution is 2.31. The molecule has 0 spiro atoms. The number of rotatable bonds is 5. The number of piperidine rings is 1. The highest BCUT2D eigenvalue weighted by Gasteiger charge is 2.34. The van der Waals surface area contributed by atoms with Crippen LogP contribution < -0.4 is 5.32 Å². The molecule has 0 amide bonds. The third kappa shape index (κ3) is 2.42. The number of ether oxygens (including phenoxy) is 1. The van der Waals surface area contributed by atoms with Crippen molar-refractivity contribution < 1.29 is 9.26 Å². The first-order chi connectivity index (χ1) is 8.75. The van der Waals surface area contributed by atoms with Crippen molar-refractivity contribution >= 4 is 0 Å². The van der Waals surface area contributed by atoms with E-state index in [0.29, 0.717) is 11.7 Å². The Balaban J connectivity index is 2.18. The molecule has 1 aromatic rings. The molecule has 1 N–H and O–H groups in total. The molecular formula is C13H23N3O2.